The van der Waals surface area contributed by atoms with E-state index in [2.05, 4.69) is 23.3 Å². The quantitative estimate of drug-likeness (QED) is 0.690. The average molecular weight is 377 g/mol. The molecule has 3 aromatic rings. The minimum atomic E-state index is -0.206. The van der Waals surface area contributed by atoms with E-state index in [-0.39, 0.29) is 17.6 Å². The smallest absolute Gasteiger partial charge is 0.223 e. The van der Waals surface area contributed by atoms with Crippen molar-refractivity contribution in [3.8, 4) is 0 Å². The van der Waals surface area contributed by atoms with Crippen LogP contribution in [0.15, 0.2) is 54.9 Å². The van der Waals surface area contributed by atoms with Crippen molar-refractivity contribution in [2.45, 2.75) is 32.2 Å². The molecule has 0 fully saturated rings. The molecule has 144 valence electrons. The van der Waals surface area contributed by atoms with Gasteiger partial charge >= 0.3 is 0 Å². The third-order valence-electron chi connectivity index (χ3n) is 5.52. The van der Waals surface area contributed by atoms with Crippen LogP contribution >= 0.6 is 0 Å². The van der Waals surface area contributed by atoms with Crippen molar-refractivity contribution in [1.82, 2.24) is 14.7 Å². The molecular formula is C23H24FN3O. The number of halogens is 1. The van der Waals surface area contributed by atoms with Gasteiger partial charge in [-0.1, -0.05) is 36.4 Å². The highest BCUT2D eigenvalue weighted by atomic mass is 19.1. The Morgan fingerprint density at radius 2 is 2.07 bits per heavy atom. The van der Waals surface area contributed by atoms with E-state index in [0.29, 0.717) is 31.5 Å². The lowest BCUT2D eigenvalue weighted by Crippen LogP contribution is -2.38. The average Bonchev–Trinajstić information content (AvgIpc) is 3.14. The molecule has 1 aliphatic heterocycles. The molecular weight excluding hydrogens is 353 g/mol. The Morgan fingerprint density at radius 3 is 2.82 bits per heavy atom. The number of nitrogens with zero attached hydrogens (tertiary/aromatic N) is 3. The highest BCUT2D eigenvalue weighted by Crippen LogP contribution is 2.33. The van der Waals surface area contributed by atoms with Crippen LogP contribution < -0.4 is 0 Å². The number of fused-ring (bicyclic) bond motifs is 1. The fraction of sp³-hybridized carbons (Fsp3) is 0.304. The second kappa shape index (κ2) is 7.58. The van der Waals surface area contributed by atoms with E-state index >= 15 is 0 Å². The van der Waals surface area contributed by atoms with Crippen molar-refractivity contribution in [1.29, 1.82) is 0 Å². The molecule has 0 saturated heterocycles. The first-order chi connectivity index (χ1) is 13.5. The summed E-state index contributed by atoms with van der Waals surface area (Å²) in [6, 6.07) is 13.4. The lowest BCUT2D eigenvalue weighted by Gasteiger charge is -2.34. The predicted octanol–water partition coefficient (Wildman–Crippen LogP) is 3.97. The number of hydrogen-bond acceptors (Lipinski definition) is 2. The Kier molecular flexibility index (Phi) is 4.99. The number of amides is 1. The zero-order valence-corrected chi connectivity index (χ0v) is 16.2. The van der Waals surface area contributed by atoms with E-state index in [0.717, 1.165) is 11.1 Å². The maximum Gasteiger partial charge on any atom is 0.223 e. The fourth-order valence-corrected chi connectivity index (χ4v) is 3.97. The van der Waals surface area contributed by atoms with E-state index in [1.807, 2.05) is 36.5 Å². The Balaban J connectivity index is 1.51. The van der Waals surface area contributed by atoms with Crippen molar-refractivity contribution in [2.24, 2.45) is 7.05 Å². The molecule has 2 heterocycles. The predicted molar refractivity (Wildman–Crippen MR) is 106 cm³/mol. The minimum Gasteiger partial charge on any atom is -0.337 e. The summed E-state index contributed by atoms with van der Waals surface area (Å²) < 4.78 is 15.3. The number of carbonyl (C=O) groups is 1. The number of aryl methyl sites for hydroxylation is 3. The maximum atomic E-state index is 13.5. The molecule has 1 atom stereocenters. The van der Waals surface area contributed by atoms with Gasteiger partial charge < -0.3 is 4.90 Å². The normalized spacial score (nSPS) is 16.1. The van der Waals surface area contributed by atoms with Crippen molar-refractivity contribution in [3.05, 3.63) is 88.5 Å². The topological polar surface area (TPSA) is 38.1 Å². The molecule has 28 heavy (non-hydrogen) atoms. The number of hydrogen-bond donors (Lipinski definition) is 0. The highest BCUT2D eigenvalue weighted by molar-refractivity contribution is 5.77. The van der Waals surface area contributed by atoms with Gasteiger partial charge in [-0.25, -0.2) is 4.39 Å². The first-order valence-electron chi connectivity index (χ1n) is 9.60. The summed E-state index contributed by atoms with van der Waals surface area (Å²) in [7, 11) is 1.91. The van der Waals surface area contributed by atoms with Crippen molar-refractivity contribution in [3.63, 3.8) is 0 Å². The molecule has 0 saturated carbocycles. The Hall–Kier alpha value is -2.95. The molecule has 1 aromatic heterocycles. The van der Waals surface area contributed by atoms with Crippen molar-refractivity contribution < 1.29 is 9.18 Å². The molecule has 0 radical (unpaired) electrons. The Labute approximate surface area is 164 Å². The first-order valence-corrected chi connectivity index (χ1v) is 9.60. The maximum absolute atomic E-state index is 13.5. The number of carbonyl (C=O) groups excluding carboxylic acids is 1. The lowest BCUT2D eigenvalue weighted by molar-refractivity contribution is -0.132. The summed E-state index contributed by atoms with van der Waals surface area (Å²) in [4.78, 5) is 14.9. The first kappa shape index (κ1) is 18.4. The number of benzene rings is 2. The zero-order chi connectivity index (χ0) is 19.7. The molecule has 2 aromatic carbocycles. The van der Waals surface area contributed by atoms with Crippen LogP contribution in [0.5, 0.6) is 0 Å². The van der Waals surface area contributed by atoms with Gasteiger partial charge in [-0.15, -0.1) is 0 Å². The molecule has 4 rings (SSSR count). The summed E-state index contributed by atoms with van der Waals surface area (Å²) in [5.74, 6) is 0.0584. The van der Waals surface area contributed by atoms with E-state index < -0.39 is 0 Å². The van der Waals surface area contributed by atoms with Crippen LogP contribution in [0, 0.1) is 12.7 Å². The molecule has 0 bridgehead atoms. The van der Waals surface area contributed by atoms with Gasteiger partial charge in [0.15, 0.2) is 0 Å². The van der Waals surface area contributed by atoms with Crippen LogP contribution in [-0.2, 0) is 24.8 Å². The van der Waals surface area contributed by atoms with Crippen LogP contribution in [0.3, 0.4) is 0 Å². The lowest BCUT2D eigenvalue weighted by atomic mass is 9.86. The van der Waals surface area contributed by atoms with Crippen molar-refractivity contribution in [2.75, 3.05) is 6.54 Å². The molecule has 0 aliphatic carbocycles. The summed E-state index contributed by atoms with van der Waals surface area (Å²) in [6.07, 6.45) is 4.95. The van der Waals surface area contributed by atoms with Gasteiger partial charge in [0.2, 0.25) is 5.91 Å². The highest BCUT2D eigenvalue weighted by Gasteiger charge is 2.29. The standard InChI is InChI=1S/C23H24FN3O/c1-16-11-17(7-9-22(16)24)8-10-23(28)27-14-18-5-3-4-6-20(18)21(15-27)19-12-25-26(2)13-19/h3-7,9,11-13,21H,8,10,14-15H2,1-2H3. The fourth-order valence-electron chi connectivity index (χ4n) is 3.97. The second-order valence-electron chi connectivity index (χ2n) is 7.56. The van der Waals surface area contributed by atoms with Gasteiger partial charge in [0.05, 0.1) is 6.20 Å². The molecule has 0 spiro atoms. The Bertz CT molecular complexity index is 1010. The van der Waals surface area contributed by atoms with E-state index in [9.17, 15) is 9.18 Å². The van der Waals surface area contributed by atoms with E-state index in [1.165, 1.54) is 17.2 Å². The third-order valence-corrected chi connectivity index (χ3v) is 5.52. The van der Waals surface area contributed by atoms with Gasteiger partial charge in [-0.2, -0.15) is 5.10 Å². The van der Waals surface area contributed by atoms with Gasteiger partial charge in [0.1, 0.15) is 5.82 Å². The van der Waals surface area contributed by atoms with Crippen LogP contribution in [-0.4, -0.2) is 27.1 Å². The van der Waals surface area contributed by atoms with Gasteiger partial charge in [0, 0.05) is 38.7 Å². The SMILES string of the molecule is Cc1cc(CCC(=O)N2Cc3ccccc3C(c3cnn(C)c3)C2)ccc1F. The summed E-state index contributed by atoms with van der Waals surface area (Å²) in [5.41, 5.74) is 5.20. The third kappa shape index (κ3) is 3.70. The van der Waals surface area contributed by atoms with Crippen molar-refractivity contribution >= 4 is 5.91 Å². The van der Waals surface area contributed by atoms with Crippen LogP contribution in [0.4, 0.5) is 4.39 Å². The molecule has 4 nitrogen and oxygen atoms in total. The summed E-state index contributed by atoms with van der Waals surface area (Å²) in [6.45, 7) is 3.04. The van der Waals surface area contributed by atoms with Crippen LogP contribution in [0.1, 0.15) is 40.2 Å². The van der Waals surface area contributed by atoms with E-state index in [4.69, 9.17) is 0 Å². The van der Waals surface area contributed by atoms with Gasteiger partial charge in [0.25, 0.3) is 0 Å². The summed E-state index contributed by atoms with van der Waals surface area (Å²) >= 11 is 0. The molecule has 0 N–H and O–H groups in total. The molecule has 1 unspecified atom stereocenters. The Morgan fingerprint density at radius 1 is 1.25 bits per heavy atom. The molecule has 1 amide bonds. The van der Waals surface area contributed by atoms with Crippen LogP contribution in [0.2, 0.25) is 0 Å². The number of aromatic nitrogens is 2. The van der Waals surface area contributed by atoms with E-state index in [1.54, 1.807) is 17.7 Å². The second-order valence-corrected chi connectivity index (χ2v) is 7.56. The largest absolute Gasteiger partial charge is 0.337 e. The minimum absolute atomic E-state index is 0.130. The van der Waals surface area contributed by atoms with Gasteiger partial charge in [-0.05, 0) is 47.2 Å². The monoisotopic (exact) mass is 377 g/mol. The molecule has 5 heteroatoms. The molecule has 1 aliphatic rings. The van der Waals surface area contributed by atoms with Crippen LogP contribution in [0.25, 0.3) is 0 Å². The van der Waals surface area contributed by atoms with Gasteiger partial charge in [-0.3, -0.25) is 9.48 Å². The zero-order valence-electron chi connectivity index (χ0n) is 16.2. The number of rotatable bonds is 4. The summed E-state index contributed by atoms with van der Waals surface area (Å²) in [5, 5.41) is 4.31.